The van der Waals surface area contributed by atoms with Gasteiger partial charge in [0, 0.05) is 57.6 Å². The normalized spacial score (nSPS) is 14.6. The number of nitrogens with zero attached hydrogens (tertiary/aromatic N) is 4. The van der Waals surface area contributed by atoms with Gasteiger partial charge in [-0.3, -0.25) is 14.3 Å². The van der Waals surface area contributed by atoms with Crippen LogP contribution in [0, 0.1) is 6.92 Å². The molecule has 29 heavy (non-hydrogen) atoms. The van der Waals surface area contributed by atoms with Gasteiger partial charge in [-0.15, -0.1) is 0 Å². The number of aryl methyl sites for hydroxylation is 2. The smallest absolute Gasteiger partial charge is 0.256 e. The van der Waals surface area contributed by atoms with Crippen LogP contribution in [0.1, 0.15) is 42.1 Å². The molecule has 2 heterocycles. The van der Waals surface area contributed by atoms with Gasteiger partial charge < -0.3 is 15.1 Å². The molecular formula is C22H31N5O2. The average molecular weight is 398 g/mol. The highest BCUT2D eigenvalue weighted by atomic mass is 16.2. The molecule has 0 atom stereocenters. The number of aromatic nitrogens is 2. The number of hydrogen-bond acceptors (Lipinski definition) is 4. The van der Waals surface area contributed by atoms with E-state index in [1.807, 2.05) is 47.2 Å². The highest BCUT2D eigenvalue weighted by Crippen LogP contribution is 2.18. The number of rotatable bonds is 7. The van der Waals surface area contributed by atoms with Crippen LogP contribution in [-0.2, 0) is 11.3 Å². The number of carbonyl (C=O) groups is 2. The molecule has 0 saturated carbocycles. The maximum absolute atomic E-state index is 13.1. The second kappa shape index (κ2) is 10.1. The monoisotopic (exact) mass is 397 g/mol. The average Bonchev–Trinajstić information content (AvgIpc) is 3.00. The van der Waals surface area contributed by atoms with Crippen molar-refractivity contribution in [2.45, 2.75) is 39.7 Å². The molecule has 3 rings (SSSR count). The zero-order chi connectivity index (χ0) is 20.6. The topological polar surface area (TPSA) is 70.5 Å². The lowest BCUT2D eigenvalue weighted by molar-refractivity contribution is -0.131. The molecule has 1 aliphatic rings. The van der Waals surface area contributed by atoms with Crippen molar-refractivity contribution in [3.8, 4) is 0 Å². The molecule has 156 valence electrons. The van der Waals surface area contributed by atoms with Crippen LogP contribution >= 0.6 is 0 Å². The lowest BCUT2D eigenvalue weighted by Crippen LogP contribution is -2.37. The van der Waals surface area contributed by atoms with E-state index in [9.17, 15) is 9.59 Å². The second-order valence-electron chi connectivity index (χ2n) is 7.53. The Balaban J connectivity index is 1.56. The molecule has 1 fully saturated rings. The molecule has 1 aliphatic heterocycles. The Bertz CT molecular complexity index is 832. The van der Waals surface area contributed by atoms with Gasteiger partial charge in [-0.2, -0.15) is 5.10 Å². The van der Waals surface area contributed by atoms with Crippen LogP contribution in [0.5, 0.6) is 0 Å². The molecule has 0 unspecified atom stereocenters. The molecule has 1 aromatic carbocycles. The molecule has 0 radical (unpaired) electrons. The summed E-state index contributed by atoms with van der Waals surface area (Å²) in [5.74, 6) is 0.156. The first-order valence-electron chi connectivity index (χ1n) is 10.5. The second-order valence-corrected chi connectivity index (χ2v) is 7.53. The van der Waals surface area contributed by atoms with E-state index in [1.54, 1.807) is 10.9 Å². The van der Waals surface area contributed by atoms with Crippen molar-refractivity contribution in [3.63, 3.8) is 0 Å². The van der Waals surface area contributed by atoms with Crippen molar-refractivity contribution in [1.82, 2.24) is 19.6 Å². The molecule has 1 N–H and O–H groups in total. The van der Waals surface area contributed by atoms with E-state index in [2.05, 4.69) is 17.3 Å². The predicted molar refractivity (Wildman–Crippen MR) is 114 cm³/mol. The van der Waals surface area contributed by atoms with Gasteiger partial charge in [-0.05, 0) is 37.5 Å². The minimum absolute atomic E-state index is 0.0329. The highest BCUT2D eigenvalue weighted by Gasteiger charge is 2.24. The van der Waals surface area contributed by atoms with E-state index in [-0.39, 0.29) is 11.8 Å². The molecule has 7 nitrogen and oxygen atoms in total. The number of carbonyl (C=O) groups excluding carboxylic acids is 2. The van der Waals surface area contributed by atoms with Crippen molar-refractivity contribution < 1.29 is 9.59 Å². The Morgan fingerprint density at radius 2 is 1.86 bits per heavy atom. The Morgan fingerprint density at radius 1 is 1.10 bits per heavy atom. The zero-order valence-corrected chi connectivity index (χ0v) is 17.4. The van der Waals surface area contributed by atoms with Crippen LogP contribution in [0.15, 0.2) is 36.7 Å². The fourth-order valence-electron chi connectivity index (χ4n) is 3.58. The molecular weight excluding hydrogens is 366 g/mol. The first kappa shape index (κ1) is 20.9. The molecule has 1 saturated heterocycles. The summed E-state index contributed by atoms with van der Waals surface area (Å²) in [4.78, 5) is 29.5. The lowest BCUT2D eigenvalue weighted by Gasteiger charge is -2.23. The fraction of sp³-hybridized carbons (Fsp3) is 0.500. The Hall–Kier alpha value is -2.83. The summed E-state index contributed by atoms with van der Waals surface area (Å²) < 4.78 is 1.81. The number of para-hydroxylation sites is 1. The summed E-state index contributed by atoms with van der Waals surface area (Å²) in [7, 11) is 0. The molecule has 0 aliphatic carbocycles. The largest absolute Gasteiger partial charge is 0.384 e. The Labute approximate surface area is 172 Å². The van der Waals surface area contributed by atoms with Gasteiger partial charge in [0.25, 0.3) is 5.91 Å². The first-order valence-corrected chi connectivity index (χ1v) is 10.5. The third-order valence-electron chi connectivity index (χ3n) is 5.18. The molecule has 0 bridgehead atoms. The molecule has 7 heteroatoms. The Kier molecular flexibility index (Phi) is 7.27. The summed E-state index contributed by atoms with van der Waals surface area (Å²) in [6.07, 6.45) is 5.97. The summed E-state index contributed by atoms with van der Waals surface area (Å²) in [6.45, 7) is 8.01. The fourth-order valence-corrected chi connectivity index (χ4v) is 3.58. The SMILES string of the molecule is CCCNc1ccccc1C(=O)N1CCCN(C(=O)CCn2cc(C)cn2)CC1. The highest BCUT2D eigenvalue weighted by molar-refractivity contribution is 5.99. The van der Waals surface area contributed by atoms with Crippen molar-refractivity contribution in [1.29, 1.82) is 0 Å². The van der Waals surface area contributed by atoms with Crippen LogP contribution in [0.25, 0.3) is 0 Å². The predicted octanol–water partition coefficient (Wildman–Crippen LogP) is 2.78. The third-order valence-corrected chi connectivity index (χ3v) is 5.18. The van der Waals surface area contributed by atoms with Crippen molar-refractivity contribution in [3.05, 3.63) is 47.8 Å². The van der Waals surface area contributed by atoms with Crippen LogP contribution in [0.3, 0.4) is 0 Å². The number of nitrogens with one attached hydrogen (secondary N) is 1. The number of amides is 2. The molecule has 2 amide bonds. The first-order chi connectivity index (χ1) is 14.1. The van der Waals surface area contributed by atoms with Crippen molar-refractivity contribution in [2.24, 2.45) is 0 Å². The minimum atomic E-state index is 0.0329. The van der Waals surface area contributed by atoms with Crippen LogP contribution in [0.4, 0.5) is 5.69 Å². The number of hydrogen-bond donors (Lipinski definition) is 1. The Morgan fingerprint density at radius 3 is 2.62 bits per heavy atom. The van der Waals surface area contributed by atoms with Crippen LogP contribution in [-0.4, -0.2) is 64.1 Å². The molecule has 2 aromatic rings. The van der Waals surface area contributed by atoms with E-state index in [0.717, 1.165) is 30.6 Å². The summed E-state index contributed by atoms with van der Waals surface area (Å²) in [5.41, 5.74) is 2.68. The van der Waals surface area contributed by atoms with Crippen LogP contribution < -0.4 is 5.32 Å². The number of anilines is 1. The van der Waals surface area contributed by atoms with E-state index < -0.39 is 0 Å². The van der Waals surface area contributed by atoms with Crippen molar-refractivity contribution >= 4 is 17.5 Å². The summed E-state index contributed by atoms with van der Waals surface area (Å²) >= 11 is 0. The summed E-state index contributed by atoms with van der Waals surface area (Å²) in [6, 6.07) is 7.67. The minimum Gasteiger partial charge on any atom is -0.384 e. The molecule has 1 aromatic heterocycles. The maximum Gasteiger partial charge on any atom is 0.256 e. The van der Waals surface area contributed by atoms with E-state index in [4.69, 9.17) is 0 Å². The van der Waals surface area contributed by atoms with E-state index >= 15 is 0 Å². The van der Waals surface area contributed by atoms with E-state index in [0.29, 0.717) is 44.7 Å². The lowest BCUT2D eigenvalue weighted by atomic mass is 10.1. The van der Waals surface area contributed by atoms with Gasteiger partial charge in [0.15, 0.2) is 0 Å². The standard InChI is InChI=1S/C22H31N5O2/c1-3-10-23-20-8-5-4-7-19(20)22(29)26-12-6-11-25(14-15-26)21(28)9-13-27-17-18(2)16-24-27/h4-5,7-8,16-17,23H,3,6,9-15H2,1-2H3. The van der Waals surface area contributed by atoms with Gasteiger partial charge >= 0.3 is 0 Å². The van der Waals surface area contributed by atoms with Gasteiger partial charge in [0.05, 0.1) is 11.8 Å². The number of benzene rings is 1. The van der Waals surface area contributed by atoms with Gasteiger partial charge in [0.1, 0.15) is 0 Å². The van der Waals surface area contributed by atoms with Gasteiger partial charge in [0.2, 0.25) is 5.91 Å². The van der Waals surface area contributed by atoms with Gasteiger partial charge in [-0.25, -0.2) is 0 Å². The van der Waals surface area contributed by atoms with Gasteiger partial charge in [-0.1, -0.05) is 19.1 Å². The van der Waals surface area contributed by atoms with Crippen molar-refractivity contribution in [2.75, 3.05) is 38.0 Å². The van der Waals surface area contributed by atoms with Crippen LogP contribution in [0.2, 0.25) is 0 Å². The maximum atomic E-state index is 13.1. The molecule has 0 spiro atoms. The zero-order valence-electron chi connectivity index (χ0n) is 17.4. The summed E-state index contributed by atoms with van der Waals surface area (Å²) in [5, 5.41) is 7.58. The van der Waals surface area contributed by atoms with E-state index in [1.165, 1.54) is 0 Å². The quantitative estimate of drug-likeness (QED) is 0.780. The third kappa shape index (κ3) is 5.59.